The minimum Gasteiger partial charge on any atom is -0.489 e. The topological polar surface area (TPSA) is 117 Å². The third-order valence-corrected chi connectivity index (χ3v) is 8.76. The zero-order valence-corrected chi connectivity index (χ0v) is 25.0. The largest absolute Gasteiger partial charge is 0.489 e. The molecule has 0 radical (unpaired) electrons. The minimum absolute atomic E-state index is 0.0221. The Hall–Kier alpha value is -3.70. The van der Waals surface area contributed by atoms with E-state index in [1.807, 2.05) is 50.7 Å². The average Bonchev–Trinajstić information content (AvgIpc) is 3.19. The Morgan fingerprint density at radius 3 is 2.48 bits per heavy atom. The standard InChI is InChI=1S/C29H38N6O4S/c1-18(2)39-25-14-21-17-35(13-12-34(6)7)28(36)22(21)15-24(25)32-29-30-16-20(5)27(33-29)31-23-10-8-9-11-26(23)40(37,38)19(3)4/h8-11,14-16,18-19H,12-13,17H2,1-7H3,(H2,30,31,32,33). The highest BCUT2D eigenvalue weighted by Gasteiger charge is 2.29. The molecule has 3 aromatic rings. The Bertz CT molecular complexity index is 1500. The van der Waals surface area contributed by atoms with Crippen molar-refractivity contribution in [3.05, 3.63) is 59.3 Å². The Labute approximate surface area is 236 Å². The van der Waals surface area contributed by atoms with Crippen molar-refractivity contribution < 1.29 is 17.9 Å². The van der Waals surface area contributed by atoms with Crippen LogP contribution in [0.4, 0.5) is 23.1 Å². The molecular weight excluding hydrogens is 528 g/mol. The molecule has 1 aromatic heterocycles. The first-order valence-electron chi connectivity index (χ1n) is 13.3. The lowest BCUT2D eigenvalue weighted by Crippen LogP contribution is -2.31. The molecule has 11 heteroatoms. The lowest BCUT2D eigenvalue weighted by atomic mass is 10.1. The monoisotopic (exact) mass is 566 g/mol. The van der Waals surface area contributed by atoms with E-state index < -0.39 is 15.1 Å². The van der Waals surface area contributed by atoms with Gasteiger partial charge in [0, 0.05) is 37.0 Å². The van der Waals surface area contributed by atoms with Gasteiger partial charge < -0.3 is 25.2 Å². The molecule has 0 bridgehead atoms. The highest BCUT2D eigenvalue weighted by molar-refractivity contribution is 7.92. The van der Waals surface area contributed by atoms with E-state index >= 15 is 0 Å². The van der Waals surface area contributed by atoms with Crippen molar-refractivity contribution in [1.82, 2.24) is 19.8 Å². The fourth-order valence-corrected chi connectivity index (χ4v) is 5.50. The van der Waals surface area contributed by atoms with E-state index in [1.54, 1.807) is 50.4 Å². The number of hydrogen-bond donors (Lipinski definition) is 2. The molecule has 0 atom stereocenters. The number of carbonyl (C=O) groups excluding carboxylic acids is 1. The van der Waals surface area contributed by atoms with Crippen LogP contribution in [0.3, 0.4) is 0 Å². The number of aromatic nitrogens is 2. The highest BCUT2D eigenvalue weighted by Crippen LogP contribution is 2.36. The molecule has 214 valence electrons. The van der Waals surface area contributed by atoms with E-state index in [2.05, 4.69) is 20.6 Å². The lowest BCUT2D eigenvalue weighted by Gasteiger charge is -2.18. The predicted octanol–water partition coefficient (Wildman–Crippen LogP) is 4.76. The summed E-state index contributed by atoms with van der Waals surface area (Å²) in [6.45, 7) is 11.0. The number of nitrogens with zero attached hydrogens (tertiary/aromatic N) is 4. The van der Waals surface area contributed by atoms with Crippen molar-refractivity contribution in [2.45, 2.75) is 57.4 Å². The van der Waals surface area contributed by atoms with Crippen molar-refractivity contribution in [2.24, 2.45) is 0 Å². The number of likely N-dealkylation sites (N-methyl/N-ethyl adjacent to an activating group) is 1. The molecule has 0 saturated heterocycles. The molecule has 40 heavy (non-hydrogen) atoms. The molecule has 0 fully saturated rings. The smallest absolute Gasteiger partial charge is 0.254 e. The van der Waals surface area contributed by atoms with Crippen LogP contribution in [0.2, 0.25) is 0 Å². The van der Waals surface area contributed by atoms with Crippen LogP contribution >= 0.6 is 0 Å². The summed E-state index contributed by atoms with van der Waals surface area (Å²) in [5, 5.41) is 5.84. The van der Waals surface area contributed by atoms with Crippen LogP contribution in [0.15, 0.2) is 47.5 Å². The molecule has 0 unspecified atom stereocenters. The zero-order valence-electron chi connectivity index (χ0n) is 24.1. The van der Waals surface area contributed by atoms with Gasteiger partial charge in [-0.15, -0.1) is 0 Å². The molecule has 1 amide bonds. The number of ether oxygens (including phenoxy) is 1. The van der Waals surface area contributed by atoms with Gasteiger partial charge in [0.1, 0.15) is 11.6 Å². The second-order valence-corrected chi connectivity index (χ2v) is 13.2. The summed E-state index contributed by atoms with van der Waals surface area (Å²) in [5.74, 6) is 1.32. The molecule has 0 spiro atoms. The van der Waals surface area contributed by atoms with Crippen molar-refractivity contribution in [2.75, 3.05) is 37.8 Å². The van der Waals surface area contributed by atoms with Gasteiger partial charge >= 0.3 is 0 Å². The van der Waals surface area contributed by atoms with Crippen LogP contribution in [0.1, 0.15) is 49.2 Å². The van der Waals surface area contributed by atoms with E-state index in [0.29, 0.717) is 41.6 Å². The van der Waals surface area contributed by atoms with Crippen LogP contribution in [0, 0.1) is 6.92 Å². The summed E-state index contributed by atoms with van der Waals surface area (Å²) >= 11 is 0. The maximum absolute atomic E-state index is 13.2. The molecule has 2 N–H and O–H groups in total. The van der Waals surface area contributed by atoms with Gasteiger partial charge in [0.25, 0.3) is 5.91 Å². The normalized spacial score (nSPS) is 13.3. The molecule has 4 rings (SSSR count). The molecule has 2 heterocycles. The quantitative estimate of drug-likeness (QED) is 0.339. The number of anilines is 4. The van der Waals surface area contributed by atoms with Gasteiger partial charge in [-0.2, -0.15) is 4.98 Å². The predicted molar refractivity (Wildman–Crippen MR) is 158 cm³/mol. The van der Waals surface area contributed by atoms with Crippen LogP contribution in [-0.2, 0) is 16.4 Å². The van der Waals surface area contributed by atoms with Crippen LogP contribution in [0.25, 0.3) is 0 Å². The molecule has 2 aromatic carbocycles. The van der Waals surface area contributed by atoms with Gasteiger partial charge in [0.05, 0.1) is 27.6 Å². The maximum Gasteiger partial charge on any atom is 0.254 e. The first kappa shape index (κ1) is 29.3. The van der Waals surface area contributed by atoms with E-state index in [4.69, 9.17) is 4.74 Å². The minimum atomic E-state index is -3.52. The number of para-hydroxylation sites is 1. The van der Waals surface area contributed by atoms with Gasteiger partial charge in [-0.1, -0.05) is 12.1 Å². The molecule has 0 aliphatic carbocycles. The Morgan fingerprint density at radius 1 is 1.07 bits per heavy atom. The van der Waals surface area contributed by atoms with Gasteiger partial charge in [-0.3, -0.25) is 4.79 Å². The SMILES string of the molecule is Cc1cnc(Nc2cc3c(cc2OC(C)C)CN(CCN(C)C)C3=O)nc1Nc1ccccc1S(=O)(=O)C(C)C. The van der Waals surface area contributed by atoms with Crippen LogP contribution in [-0.4, -0.2) is 72.6 Å². The number of sulfone groups is 1. The number of nitrogens with one attached hydrogen (secondary N) is 2. The molecule has 1 aliphatic rings. The lowest BCUT2D eigenvalue weighted by molar-refractivity contribution is 0.0768. The van der Waals surface area contributed by atoms with Gasteiger partial charge in [-0.05, 0) is 78.5 Å². The van der Waals surface area contributed by atoms with Gasteiger partial charge in [0.2, 0.25) is 5.95 Å². The van der Waals surface area contributed by atoms with Crippen molar-refractivity contribution in [3.63, 3.8) is 0 Å². The summed E-state index contributed by atoms with van der Waals surface area (Å²) in [5.41, 5.74) is 3.29. The van der Waals surface area contributed by atoms with Crippen molar-refractivity contribution >= 4 is 38.9 Å². The third kappa shape index (κ3) is 6.37. The molecule has 1 aliphatic heterocycles. The highest BCUT2D eigenvalue weighted by atomic mass is 32.2. The first-order chi connectivity index (χ1) is 18.9. The molecular formula is C29H38N6O4S. The Balaban J connectivity index is 1.66. The Kier molecular flexibility index (Phi) is 8.65. The second kappa shape index (κ2) is 11.8. The fraction of sp³-hybridized carbons (Fsp3) is 0.414. The summed E-state index contributed by atoms with van der Waals surface area (Å²) in [7, 11) is 0.448. The Morgan fingerprint density at radius 2 is 1.80 bits per heavy atom. The van der Waals surface area contributed by atoms with Crippen molar-refractivity contribution in [1.29, 1.82) is 0 Å². The number of hydrogen-bond acceptors (Lipinski definition) is 9. The summed E-state index contributed by atoms with van der Waals surface area (Å²) in [6, 6.07) is 10.5. The van der Waals surface area contributed by atoms with Crippen LogP contribution in [0.5, 0.6) is 5.75 Å². The van der Waals surface area contributed by atoms with Gasteiger partial charge in [-0.25, -0.2) is 13.4 Å². The average molecular weight is 567 g/mol. The van der Waals surface area contributed by atoms with Crippen LogP contribution < -0.4 is 15.4 Å². The number of rotatable bonds is 11. The molecule has 10 nitrogen and oxygen atoms in total. The number of amides is 1. The fourth-order valence-electron chi connectivity index (χ4n) is 4.30. The first-order valence-corrected chi connectivity index (χ1v) is 14.9. The number of fused-ring (bicyclic) bond motifs is 1. The van der Waals surface area contributed by atoms with E-state index in [9.17, 15) is 13.2 Å². The van der Waals surface area contributed by atoms with Gasteiger partial charge in [0.15, 0.2) is 9.84 Å². The molecule has 0 saturated carbocycles. The zero-order chi connectivity index (χ0) is 29.2. The summed E-state index contributed by atoms with van der Waals surface area (Å²) in [6.07, 6.45) is 1.57. The second-order valence-electron chi connectivity index (χ2n) is 10.8. The van der Waals surface area contributed by atoms with E-state index in [0.717, 1.165) is 17.7 Å². The van der Waals surface area contributed by atoms with Crippen molar-refractivity contribution in [3.8, 4) is 5.75 Å². The van der Waals surface area contributed by atoms with E-state index in [1.165, 1.54) is 0 Å². The summed E-state index contributed by atoms with van der Waals surface area (Å²) < 4.78 is 32.0. The third-order valence-electron chi connectivity index (χ3n) is 6.55. The number of benzene rings is 2. The number of carbonyl (C=O) groups is 1. The maximum atomic E-state index is 13.2. The summed E-state index contributed by atoms with van der Waals surface area (Å²) in [4.78, 5) is 26.3. The number of aryl methyl sites for hydroxylation is 1. The van der Waals surface area contributed by atoms with E-state index in [-0.39, 0.29) is 22.9 Å².